The van der Waals surface area contributed by atoms with Gasteiger partial charge in [0.15, 0.2) is 0 Å². The quantitative estimate of drug-likeness (QED) is 0.506. The lowest BCUT2D eigenvalue weighted by molar-refractivity contribution is -0.137. The summed E-state index contributed by atoms with van der Waals surface area (Å²) in [6, 6.07) is 20.2. The Bertz CT molecular complexity index is 1460. The van der Waals surface area contributed by atoms with E-state index in [9.17, 15) is 14.4 Å². The molecule has 1 fully saturated rings. The van der Waals surface area contributed by atoms with Gasteiger partial charge in [0.25, 0.3) is 5.91 Å². The van der Waals surface area contributed by atoms with Crippen LogP contribution in [0.2, 0.25) is 0 Å². The fourth-order valence-electron chi connectivity index (χ4n) is 5.44. The van der Waals surface area contributed by atoms with Crippen molar-refractivity contribution in [2.24, 2.45) is 0 Å². The number of likely N-dealkylation sites (tertiary alicyclic amines) is 1. The normalized spacial score (nSPS) is 19.4. The highest BCUT2D eigenvalue weighted by Crippen LogP contribution is 2.28. The van der Waals surface area contributed by atoms with E-state index in [-0.39, 0.29) is 30.4 Å². The van der Waals surface area contributed by atoms with Crippen LogP contribution in [0.1, 0.15) is 39.9 Å². The highest BCUT2D eigenvalue weighted by atomic mass is 16.5. The van der Waals surface area contributed by atoms with Crippen molar-refractivity contribution in [3.05, 3.63) is 89.0 Å². The predicted octanol–water partition coefficient (Wildman–Crippen LogP) is 4.12. The van der Waals surface area contributed by atoms with Crippen molar-refractivity contribution in [3.63, 3.8) is 0 Å². The summed E-state index contributed by atoms with van der Waals surface area (Å²) in [6.07, 6.45) is 1.15. The van der Waals surface area contributed by atoms with E-state index in [1.165, 1.54) is 4.90 Å². The second-order valence-electron chi connectivity index (χ2n) is 10.9. The number of carbonyl (C=O) groups is 3. The smallest absolute Gasteiger partial charge is 0.254 e. The molecule has 0 unspecified atom stereocenters. The minimum absolute atomic E-state index is 0.00747. The van der Waals surface area contributed by atoms with Crippen molar-refractivity contribution in [2.45, 2.75) is 44.9 Å². The van der Waals surface area contributed by atoms with Crippen molar-refractivity contribution in [2.75, 3.05) is 33.8 Å². The van der Waals surface area contributed by atoms with Gasteiger partial charge >= 0.3 is 0 Å². The lowest BCUT2D eigenvalue weighted by Gasteiger charge is -2.39. The van der Waals surface area contributed by atoms with E-state index in [1.54, 1.807) is 31.2 Å². The van der Waals surface area contributed by atoms with Crippen LogP contribution in [0.5, 0.6) is 17.2 Å². The van der Waals surface area contributed by atoms with Crippen LogP contribution in [0.15, 0.2) is 66.7 Å². The number of benzene rings is 3. The van der Waals surface area contributed by atoms with Crippen molar-refractivity contribution in [3.8, 4) is 17.2 Å². The number of ether oxygens (including phenoxy) is 3. The van der Waals surface area contributed by atoms with Gasteiger partial charge < -0.3 is 29.3 Å². The van der Waals surface area contributed by atoms with Gasteiger partial charge in [-0.15, -0.1) is 0 Å². The van der Waals surface area contributed by atoms with Gasteiger partial charge in [-0.05, 0) is 66.8 Å². The Balaban J connectivity index is 1.33. The van der Waals surface area contributed by atoms with Gasteiger partial charge in [0.05, 0.1) is 32.4 Å². The van der Waals surface area contributed by atoms with E-state index in [0.717, 1.165) is 22.4 Å². The van der Waals surface area contributed by atoms with Crippen LogP contribution in [0, 0.1) is 6.92 Å². The average molecular weight is 572 g/mol. The second kappa shape index (κ2) is 13.1. The fraction of sp³-hybridized carbons (Fsp3) is 0.364. The minimum Gasteiger partial charge on any atom is -0.496 e. The molecule has 2 atom stereocenters. The number of methoxy groups -OCH3 is 1. The number of nitrogens with zero attached hydrogens (tertiary/aromatic N) is 2. The van der Waals surface area contributed by atoms with Crippen molar-refractivity contribution < 1.29 is 28.6 Å². The summed E-state index contributed by atoms with van der Waals surface area (Å²) in [5.74, 6) is 1.38. The summed E-state index contributed by atoms with van der Waals surface area (Å²) in [4.78, 5) is 42.8. The van der Waals surface area contributed by atoms with Gasteiger partial charge in [-0.3, -0.25) is 14.4 Å². The zero-order valence-corrected chi connectivity index (χ0v) is 24.3. The molecule has 0 saturated carbocycles. The molecule has 9 heteroatoms. The summed E-state index contributed by atoms with van der Waals surface area (Å²) in [7, 11) is 3.22. The topological polar surface area (TPSA) is 97.4 Å². The Labute approximate surface area is 246 Å². The predicted molar refractivity (Wildman–Crippen MR) is 158 cm³/mol. The number of hydrogen-bond donors (Lipinski definition) is 1. The molecule has 3 aromatic carbocycles. The minimum atomic E-state index is -0.428. The molecule has 4 bridgehead atoms. The Hall–Kier alpha value is -4.37. The van der Waals surface area contributed by atoms with Crippen LogP contribution in [-0.4, -0.2) is 73.5 Å². The SMILES string of the molecule is COc1ccccc1CCC(=O)N1CC[C@H]2OCc3cccc(c3)Oc3cc(ccc3C)C(=O)N(C)CC(=O)N[C@H]2C1. The van der Waals surface area contributed by atoms with E-state index < -0.39 is 6.04 Å². The number of fused-ring (bicyclic) bond motifs is 5. The Morgan fingerprint density at radius 1 is 1.07 bits per heavy atom. The Morgan fingerprint density at radius 3 is 2.74 bits per heavy atom. The monoisotopic (exact) mass is 571 g/mol. The number of nitrogens with one attached hydrogen (secondary N) is 1. The largest absolute Gasteiger partial charge is 0.496 e. The standard InChI is InChI=1S/C33H37N3O6/c1-22-11-12-25-18-30(22)42-26-9-6-7-23(17-26)21-41-29-15-16-36(19-27(29)34-31(37)20-35(2)33(25)39)32(38)14-13-24-8-4-5-10-28(24)40-3/h4-12,17-18,27,29H,13-16,19-21H2,1-3H3,(H,34,37)/t27-,29+/m0/s1. The molecular formula is C33H37N3O6. The fourth-order valence-corrected chi connectivity index (χ4v) is 5.44. The lowest BCUT2D eigenvalue weighted by Crippen LogP contribution is -2.58. The summed E-state index contributed by atoms with van der Waals surface area (Å²) in [5.41, 5.74) is 3.22. The third-order valence-electron chi connectivity index (χ3n) is 7.80. The van der Waals surface area contributed by atoms with E-state index >= 15 is 0 Å². The highest BCUT2D eigenvalue weighted by molar-refractivity contribution is 5.96. The van der Waals surface area contributed by atoms with Gasteiger partial charge in [-0.2, -0.15) is 0 Å². The number of hydrogen-bond acceptors (Lipinski definition) is 6. The third kappa shape index (κ3) is 6.91. The van der Waals surface area contributed by atoms with Gasteiger partial charge in [-0.25, -0.2) is 0 Å². The van der Waals surface area contributed by atoms with Crippen LogP contribution in [0.4, 0.5) is 0 Å². The molecule has 220 valence electrons. The molecule has 9 nitrogen and oxygen atoms in total. The van der Waals surface area contributed by atoms with Gasteiger partial charge in [0.1, 0.15) is 17.2 Å². The van der Waals surface area contributed by atoms with Crippen LogP contribution >= 0.6 is 0 Å². The van der Waals surface area contributed by atoms with Crippen LogP contribution in [0.25, 0.3) is 0 Å². The maximum Gasteiger partial charge on any atom is 0.254 e. The van der Waals surface area contributed by atoms with Gasteiger partial charge in [0, 0.05) is 32.1 Å². The third-order valence-corrected chi connectivity index (χ3v) is 7.80. The number of rotatable bonds is 4. The molecule has 2 aliphatic heterocycles. The number of amides is 3. The molecular weight excluding hydrogens is 534 g/mol. The average Bonchev–Trinajstić information content (AvgIpc) is 2.99. The number of piperidine rings is 1. The van der Waals surface area contributed by atoms with Crippen molar-refractivity contribution >= 4 is 17.7 Å². The zero-order valence-electron chi connectivity index (χ0n) is 24.3. The molecule has 0 radical (unpaired) electrons. The molecule has 42 heavy (non-hydrogen) atoms. The maximum absolute atomic E-state index is 13.2. The first-order valence-corrected chi connectivity index (χ1v) is 14.2. The Morgan fingerprint density at radius 2 is 1.90 bits per heavy atom. The zero-order chi connectivity index (χ0) is 29.6. The van der Waals surface area contributed by atoms with E-state index in [1.807, 2.05) is 61.5 Å². The maximum atomic E-state index is 13.2. The number of aryl methyl sites for hydroxylation is 2. The van der Waals surface area contributed by atoms with Crippen LogP contribution in [-0.2, 0) is 27.4 Å². The molecule has 2 aliphatic rings. The van der Waals surface area contributed by atoms with Crippen molar-refractivity contribution in [1.82, 2.24) is 15.1 Å². The summed E-state index contributed by atoms with van der Waals surface area (Å²) in [5, 5.41) is 3.05. The summed E-state index contributed by atoms with van der Waals surface area (Å²) < 4.78 is 17.9. The molecule has 5 rings (SSSR count). The van der Waals surface area contributed by atoms with Gasteiger partial charge in [0.2, 0.25) is 11.8 Å². The van der Waals surface area contributed by atoms with E-state index in [0.29, 0.717) is 56.0 Å². The Kier molecular flexibility index (Phi) is 9.07. The lowest BCUT2D eigenvalue weighted by atomic mass is 10.00. The van der Waals surface area contributed by atoms with Crippen molar-refractivity contribution in [1.29, 1.82) is 0 Å². The van der Waals surface area contributed by atoms with Crippen LogP contribution in [0.3, 0.4) is 0 Å². The molecule has 1 saturated heterocycles. The molecule has 0 aliphatic carbocycles. The summed E-state index contributed by atoms with van der Waals surface area (Å²) >= 11 is 0. The number of carbonyl (C=O) groups excluding carboxylic acids is 3. The second-order valence-corrected chi connectivity index (χ2v) is 10.9. The van der Waals surface area contributed by atoms with Gasteiger partial charge in [-0.1, -0.05) is 36.4 Å². The number of likely N-dealkylation sites (N-methyl/N-ethyl adjacent to an activating group) is 1. The first-order chi connectivity index (χ1) is 20.3. The highest BCUT2D eigenvalue weighted by Gasteiger charge is 2.33. The first kappa shape index (κ1) is 29.1. The molecule has 0 spiro atoms. The van der Waals surface area contributed by atoms with E-state index in [4.69, 9.17) is 14.2 Å². The molecule has 3 aromatic rings. The molecule has 3 amide bonds. The molecule has 0 aromatic heterocycles. The number of para-hydroxylation sites is 1. The molecule has 1 N–H and O–H groups in total. The first-order valence-electron chi connectivity index (χ1n) is 14.2. The van der Waals surface area contributed by atoms with Crippen LogP contribution < -0.4 is 14.8 Å². The molecule has 2 heterocycles. The van der Waals surface area contributed by atoms with E-state index in [2.05, 4.69) is 5.32 Å². The summed E-state index contributed by atoms with van der Waals surface area (Å²) in [6.45, 7) is 2.96.